The number of piperidine rings is 1. The zero-order chi connectivity index (χ0) is 12.5. The molecule has 94 valence electrons. The summed E-state index contributed by atoms with van der Waals surface area (Å²) in [6.07, 6.45) is 4.79. The molecule has 0 radical (unpaired) electrons. The van der Waals surface area contributed by atoms with E-state index in [9.17, 15) is 4.79 Å². The van der Waals surface area contributed by atoms with Crippen molar-refractivity contribution >= 4 is 18.5 Å². The molecule has 17 heavy (non-hydrogen) atoms. The largest absolute Gasteiger partial charge is 0.444 e. The van der Waals surface area contributed by atoms with Crippen molar-refractivity contribution in [2.45, 2.75) is 44.9 Å². The van der Waals surface area contributed by atoms with Crippen LogP contribution in [0.25, 0.3) is 0 Å². The monoisotopic (exact) mass is 237 g/mol. The van der Waals surface area contributed by atoms with Crippen LogP contribution in [0.3, 0.4) is 0 Å². The molecule has 0 N–H and O–H groups in total. The van der Waals surface area contributed by atoms with E-state index < -0.39 is 5.60 Å². The average molecular weight is 237 g/mol. The fraction of sp³-hybridized carbons (Fsp3) is 0.750. The highest BCUT2D eigenvalue weighted by atomic mass is 16.6. The lowest BCUT2D eigenvalue weighted by molar-refractivity contribution is 0.0175. The van der Waals surface area contributed by atoms with E-state index in [4.69, 9.17) is 4.74 Å². The Kier molecular flexibility index (Phi) is 2.93. The molecule has 0 unspecified atom stereocenters. The van der Waals surface area contributed by atoms with Gasteiger partial charge in [-0.25, -0.2) is 4.79 Å². The predicted molar refractivity (Wildman–Crippen MR) is 66.8 cm³/mol. The second kappa shape index (κ2) is 4.13. The van der Waals surface area contributed by atoms with Crippen LogP contribution in [-0.4, -0.2) is 47.8 Å². The van der Waals surface area contributed by atoms with Gasteiger partial charge in [0.1, 0.15) is 5.60 Å². The summed E-state index contributed by atoms with van der Waals surface area (Å²) in [5.41, 5.74) is -0.728. The minimum absolute atomic E-state index is 0.238. The summed E-state index contributed by atoms with van der Waals surface area (Å²) in [6, 6.07) is 0. The molecule has 0 bridgehead atoms. The van der Waals surface area contributed by atoms with Crippen molar-refractivity contribution in [1.29, 1.82) is 0 Å². The molecular formula is C12H19N3O2. The van der Waals surface area contributed by atoms with Gasteiger partial charge in [-0.3, -0.25) is 9.98 Å². The number of aliphatic imine (C=N–C) groups is 2. The van der Waals surface area contributed by atoms with Gasteiger partial charge in [0.2, 0.25) is 0 Å². The van der Waals surface area contributed by atoms with Crippen molar-refractivity contribution in [3.05, 3.63) is 0 Å². The highest BCUT2D eigenvalue weighted by molar-refractivity contribution is 6.17. The number of hydrogen-bond acceptors (Lipinski definition) is 4. The molecule has 1 amide bonds. The number of carbonyl (C=O) groups excluding carboxylic acids is 1. The van der Waals surface area contributed by atoms with Crippen molar-refractivity contribution in [3.63, 3.8) is 0 Å². The minimum atomic E-state index is -0.435. The summed E-state index contributed by atoms with van der Waals surface area (Å²) in [4.78, 5) is 22.3. The molecule has 2 aliphatic rings. The standard InChI is InChI=1S/C12H19N3O2/c1-11(2,3)17-10(16)15-8-4-12(5-9-15)13-6-7-14-12/h6-7H,4-5,8-9H2,1-3H3. The summed E-state index contributed by atoms with van der Waals surface area (Å²) >= 11 is 0. The maximum absolute atomic E-state index is 11.8. The van der Waals surface area contributed by atoms with E-state index in [0.717, 1.165) is 12.8 Å². The lowest BCUT2D eigenvalue weighted by Gasteiger charge is -2.36. The number of hydrogen-bond donors (Lipinski definition) is 0. The van der Waals surface area contributed by atoms with Gasteiger partial charge in [-0.05, 0) is 20.8 Å². The first kappa shape index (κ1) is 12.1. The molecule has 0 aliphatic carbocycles. The molecule has 0 aromatic rings. The Balaban J connectivity index is 1.89. The number of rotatable bonds is 0. The highest BCUT2D eigenvalue weighted by Crippen LogP contribution is 2.29. The van der Waals surface area contributed by atoms with Crippen LogP contribution in [0.4, 0.5) is 4.79 Å². The minimum Gasteiger partial charge on any atom is -0.444 e. The SMILES string of the molecule is CC(C)(C)OC(=O)N1CCC2(CC1)N=CC=N2. The van der Waals surface area contributed by atoms with Crippen molar-refractivity contribution in [1.82, 2.24) is 4.90 Å². The molecule has 2 aliphatic heterocycles. The van der Waals surface area contributed by atoms with Gasteiger partial charge in [-0.2, -0.15) is 0 Å². The molecular weight excluding hydrogens is 218 g/mol. The zero-order valence-corrected chi connectivity index (χ0v) is 10.6. The van der Waals surface area contributed by atoms with Gasteiger partial charge in [0.25, 0.3) is 0 Å². The Morgan fingerprint density at radius 2 is 1.76 bits per heavy atom. The smallest absolute Gasteiger partial charge is 0.410 e. The van der Waals surface area contributed by atoms with Crippen LogP contribution >= 0.6 is 0 Å². The summed E-state index contributed by atoms with van der Waals surface area (Å²) in [5.74, 6) is 0. The first-order chi connectivity index (χ1) is 7.90. The molecule has 0 atom stereocenters. The van der Waals surface area contributed by atoms with Crippen LogP contribution in [0.2, 0.25) is 0 Å². The quantitative estimate of drug-likeness (QED) is 0.645. The number of amides is 1. The third-order valence-corrected chi connectivity index (χ3v) is 2.91. The highest BCUT2D eigenvalue weighted by Gasteiger charge is 2.36. The first-order valence-electron chi connectivity index (χ1n) is 5.97. The summed E-state index contributed by atoms with van der Waals surface area (Å²) in [5, 5.41) is 0. The number of likely N-dealkylation sites (tertiary alicyclic amines) is 1. The summed E-state index contributed by atoms with van der Waals surface area (Å²) in [7, 11) is 0. The molecule has 5 nitrogen and oxygen atoms in total. The van der Waals surface area contributed by atoms with E-state index in [1.54, 1.807) is 17.3 Å². The molecule has 0 aromatic carbocycles. The first-order valence-corrected chi connectivity index (χ1v) is 5.97. The molecule has 1 saturated heterocycles. The Morgan fingerprint density at radius 3 is 2.24 bits per heavy atom. The molecule has 2 heterocycles. The van der Waals surface area contributed by atoms with Crippen LogP contribution in [-0.2, 0) is 4.74 Å². The fourth-order valence-electron chi connectivity index (χ4n) is 2.01. The van der Waals surface area contributed by atoms with Gasteiger partial charge in [-0.15, -0.1) is 0 Å². The van der Waals surface area contributed by atoms with Crippen LogP contribution in [0.15, 0.2) is 9.98 Å². The van der Waals surface area contributed by atoms with Crippen molar-refractivity contribution in [2.75, 3.05) is 13.1 Å². The predicted octanol–water partition coefficient (Wildman–Crippen LogP) is 1.87. The molecule has 0 aromatic heterocycles. The van der Waals surface area contributed by atoms with E-state index in [-0.39, 0.29) is 11.8 Å². The zero-order valence-electron chi connectivity index (χ0n) is 10.6. The molecule has 2 rings (SSSR count). The lowest BCUT2D eigenvalue weighted by atomic mass is 9.99. The average Bonchev–Trinajstić information content (AvgIpc) is 2.65. The third kappa shape index (κ3) is 2.84. The van der Waals surface area contributed by atoms with Crippen molar-refractivity contribution in [3.8, 4) is 0 Å². The maximum atomic E-state index is 11.8. The van der Waals surface area contributed by atoms with Gasteiger partial charge in [0.15, 0.2) is 5.66 Å². The Labute approximate surface area is 102 Å². The van der Waals surface area contributed by atoms with E-state index in [1.807, 2.05) is 20.8 Å². The Morgan fingerprint density at radius 1 is 1.24 bits per heavy atom. The van der Waals surface area contributed by atoms with E-state index in [2.05, 4.69) is 9.98 Å². The number of nitrogens with zero attached hydrogens (tertiary/aromatic N) is 3. The molecule has 1 spiro atoms. The van der Waals surface area contributed by atoms with Crippen LogP contribution in [0, 0.1) is 0 Å². The number of ether oxygens (including phenoxy) is 1. The lowest BCUT2D eigenvalue weighted by Crippen LogP contribution is -2.46. The van der Waals surface area contributed by atoms with Crippen LogP contribution in [0.1, 0.15) is 33.6 Å². The Hall–Kier alpha value is -1.39. The van der Waals surface area contributed by atoms with Crippen LogP contribution < -0.4 is 0 Å². The van der Waals surface area contributed by atoms with Gasteiger partial charge < -0.3 is 9.64 Å². The second-order valence-corrected chi connectivity index (χ2v) is 5.51. The maximum Gasteiger partial charge on any atom is 0.410 e. The summed E-state index contributed by atoms with van der Waals surface area (Å²) < 4.78 is 5.34. The molecule has 1 fully saturated rings. The normalized spacial score (nSPS) is 22.2. The second-order valence-electron chi connectivity index (χ2n) is 5.51. The van der Waals surface area contributed by atoms with Crippen molar-refractivity contribution in [2.24, 2.45) is 9.98 Å². The van der Waals surface area contributed by atoms with Gasteiger partial charge in [-0.1, -0.05) is 0 Å². The third-order valence-electron chi connectivity index (χ3n) is 2.91. The van der Waals surface area contributed by atoms with Crippen LogP contribution in [0.5, 0.6) is 0 Å². The summed E-state index contributed by atoms with van der Waals surface area (Å²) in [6.45, 7) is 6.94. The topological polar surface area (TPSA) is 54.3 Å². The fourth-order valence-corrected chi connectivity index (χ4v) is 2.01. The van der Waals surface area contributed by atoms with Gasteiger partial charge in [0.05, 0.1) is 0 Å². The Bertz CT molecular complexity index is 346. The van der Waals surface area contributed by atoms with Crippen molar-refractivity contribution < 1.29 is 9.53 Å². The van der Waals surface area contributed by atoms with Gasteiger partial charge >= 0.3 is 6.09 Å². The van der Waals surface area contributed by atoms with E-state index in [1.165, 1.54) is 0 Å². The number of carbonyl (C=O) groups is 1. The van der Waals surface area contributed by atoms with Gasteiger partial charge in [0, 0.05) is 38.4 Å². The van der Waals surface area contributed by atoms with E-state index >= 15 is 0 Å². The molecule has 0 saturated carbocycles. The molecule has 5 heteroatoms. The van der Waals surface area contributed by atoms with E-state index in [0.29, 0.717) is 13.1 Å².